The molecule has 24 heavy (non-hydrogen) atoms. The van der Waals surface area contributed by atoms with Crippen LogP contribution in [0, 0.1) is 0 Å². The molecule has 3 aromatic rings. The Bertz CT molecular complexity index is 923. The van der Waals surface area contributed by atoms with E-state index in [2.05, 4.69) is 31.5 Å². The number of amides is 2. The summed E-state index contributed by atoms with van der Waals surface area (Å²) >= 11 is 4.77. The van der Waals surface area contributed by atoms with Crippen LogP contribution in [0.1, 0.15) is 27.6 Å². The first-order valence-corrected chi connectivity index (χ1v) is 8.99. The molecule has 0 unspecified atom stereocenters. The lowest BCUT2D eigenvalue weighted by Crippen LogP contribution is -2.23. The van der Waals surface area contributed by atoms with E-state index in [1.165, 1.54) is 11.3 Å². The van der Waals surface area contributed by atoms with Gasteiger partial charge in [0, 0.05) is 17.3 Å². The van der Waals surface area contributed by atoms with Crippen molar-refractivity contribution in [3.8, 4) is 0 Å². The molecule has 1 aromatic carbocycles. The molecule has 0 fully saturated rings. The van der Waals surface area contributed by atoms with E-state index in [0.717, 1.165) is 9.17 Å². The Morgan fingerprint density at radius 2 is 2.00 bits per heavy atom. The van der Waals surface area contributed by atoms with E-state index >= 15 is 0 Å². The molecule has 0 bridgehead atoms. The Morgan fingerprint density at radius 3 is 2.71 bits per heavy atom. The van der Waals surface area contributed by atoms with Crippen molar-refractivity contribution in [2.45, 2.75) is 6.92 Å². The molecule has 0 saturated carbocycles. The number of rotatable bonds is 4. The molecule has 0 radical (unpaired) electrons. The summed E-state index contributed by atoms with van der Waals surface area (Å²) in [4.78, 5) is 29.0. The summed E-state index contributed by atoms with van der Waals surface area (Å²) < 4.78 is 0.877. The molecule has 0 aliphatic rings. The van der Waals surface area contributed by atoms with E-state index < -0.39 is 0 Å². The van der Waals surface area contributed by atoms with E-state index in [9.17, 15) is 9.59 Å². The number of anilines is 1. The number of hydrogen-bond acceptors (Lipinski definition) is 4. The molecule has 2 heterocycles. The van der Waals surface area contributed by atoms with Crippen LogP contribution in [0.5, 0.6) is 0 Å². The maximum Gasteiger partial charge on any atom is 0.257 e. The first-order chi connectivity index (χ1) is 11.6. The average molecular weight is 404 g/mol. The van der Waals surface area contributed by atoms with Crippen molar-refractivity contribution >= 4 is 55.8 Å². The molecule has 2 amide bonds. The quantitative estimate of drug-likeness (QED) is 0.689. The zero-order chi connectivity index (χ0) is 17.1. The van der Waals surface area contributed by atoms with Gasteiger partial charge in [0.1, 0.15) is 5.82 Å². The molecule has 0 aliphatic carbocycles. The minimum atomic E-state index is -0.262. The molecular weight excluding hydrogens is 390 g/mol. The Hall–Kier alpha value is -2.25. The van der Waals surface area contributed by atoms with E-state index in [-0.39, 0.29) is 11.8 Å². The van der Waals surface area contributed by atoms with Crippen molar-refractivity contribution in [3.63, 3.8) is 0 Å². The number of thiophene rings is 1. The first-order valence-electron chi connectivity index (χ1n) is 7.32. The van der Waals surface area contributed by atoms with Gasteiger partial charge in [-0.25, -0.2) is 4.98 Å². The molecule has 0 atom stereocenters. The highest BCUT2D eigenvalue weighted by Crippen LogP contribution is 2.23. The standard InChI is InChI=1S/C17H14BrN3O2S/c1-2-19-17(23)12-8-15(20-13-6-4-3-5-11(12)13)21-16(22)10-7-14(18)24-9-10/h3-9H,2H2,1H3,(H,19,23)(H,20,21,22). The second kappa shape index (κ2) is 7.11. The second-order valence-electron chi connectivity index (χ2n) is 5.03. The number of aromatic nitrogens is 1. The lowest BCUT2D eigenvalue weighted by atomic mass is 10.1. The predicted molar refractivity (Wildman–Crippen MR) is 99.7 cm³/mol. The van der Waals surface area contributed by atoms with Gasteiger partial charge in [0.2, 0.25) is 0 Å². The highest BCUT2D eigenvalue weighted by molar-refractivity contribution is 9.11. The molecule has 0 saturated heterocycles. The lowest BCUT2D eigenvalue weighted by Gasteiger charge is -2.10. The van der Waals surface area contributed by atoms with Crippen LogP contribution in [0.2, 0.25) is 0 Å². The van der Waals surface area contributed by atoms with E-state index in [1.54, 1.807) is 17.5 Å². The monoisotopic (exact) mass is 403 g/mol. The Morgan fingerprint density at radius 1 is 1.21 bits per heavy atom. The van der Waals surface area contributed by atoms with Gasteiger partial charge in [0.15, 0.2) is 0 Å². The molecule has 2 N–H and O–H groups in total. The third-order valence-electron chi connectivity index (χ3n) is 3.37. The fraction of sp³-hybridized carbons (Fsp3) is 0.118. The van der Waals surface area contributed by atoms with Crippen LogP contribution in [0.3, 0.4) is 0 Å². The highest BCUT2D eigenvalue weighted by Gasteiger charge is 2.15. The molecule has 0 spiro atoms. The number of carbonyl (C=O) groups excluding carboxylic acids is 2. The predicted octanol–water partition coefficient (Wildman–Crippen LogP) is 4.06. The Kier molecular flexibility index (Phi) is 4.92. The van der Waals surface area contributed by atoms with Gasteiger partial charge in [-0.2, -0.15) is 0 Å². The van der Waals surface area contributed by atoms with Crippen LogP contribution < -0.4 is 10.6 Å². The largest absolute Gasteiger partial charge is 0.352 e. The van der Waals surface area contributed by atoms with Crippen LogP contribution in [0.25, 0.3) is 10.9 Å². The van der Waals surface area contributed by atoms with Gasteiger partial charge < -0.3 is 10.6 Å². The van der Waals surface area contributed by atoms with E-state index in [1.807, 2.05) is 31.2 Å². The van der Waals surface area contributed by atoms with Crippen molar-refractivity contribution in [1.82, 2.24) is 10.3 Å². The summed E-state index contributed by atoms with van der Waals surface area (Å²) in [6, 6.07) is 10.7. The van der Waals surface area contributed by atoms with E-state index in [4.69, 9.17) is 0 Å². The van der Waals surface area contributed by atoms with Gasteiger partial charge in [0.25, 0.3) is 11.8 Å². The maximum atomic E-state index is 12.3. The lowest BCUT2D eigenvalue weighted by molar-refractivity contribution is 0.0956. The summed E-state index contributed by atoms with van der Waals surface area (Å²) in [5.41, 5.74) is 1.69. The van der Waals surface area contributed by atoms with Gasteiger partial charge >= 0.3 is 0 Å². The van der Waals surface area contributed by atoms with Crippen molar-refractivity contribution in [3.05, 3.63) is 56.7 Å². The number of halogens is 1. The van der Waals surface area contributed by atoms with Crippen molar-refractivity contribution < 1.29 is 9.59 Å². The summed E-state index contributed by atoms with van der Waals surface area (Å²) in [5.74, 6) is -0.103. The summed E-state index contributed by atoms with van der Waals surface area (Å²) in [5, 5.41) is 8.05. The number of pyridine rings is 1. The molecule has 7 heteroatoms. The van der Waals surface area contributed by atoms with Crippen molar-refractivity contribution in [1.29, 1.82) is 0 Å². The highest BCUT2D eigenvalue weighted by atomic mass is 79.9. The molecule has 0 aliphatic heterocycles. The third-order valence-corrected chi connectivity index (χ3v) is 4.87. The van der Waals surface area contributed by atoms with Gasteiger partial charge in [0.05, 0.1) is 20.4 Å². The normalized spacial score (nSPS) is 10.6. The summed E-state index contributed by atoms with van der Waals surface area (Å²) in [7, 11) is 0. The van der Waals surface area contributed by atoms with Crippen molar-refractivity contribution in [2.24, 2.45) is 0 Å². The van der Waals surface area contributed by atoms with Gasteiger partial charge in [-0.1, -0.05) is 18.2 Å². The Labute approximate surface area is 151 Å². The summed E-state index contributed by atoms with van der Waals surface area (Å²) in [6.45, 7) is 2.39. The summed E-state index contributed by atoms with van der Waals surface area (Å²) in [6.07, 6.45) is 0. The van der Waals surface area contributed by atoms with Crippen LogP contribution in [-0.4, -0.2) is 23.3 Å². The maximum absolute atomic E-state index is 12.3. The van der Waals surface area contributed by atoms with Gasteiger partial charge in [-0.3, -0.25) is 9.59 Å². The topological polar surface area (TPSA) is 71.1 Å². The smallest absolute Gasteiger partial charge is 0.257 e. The number of hydrogen-bond donors (Lipinski definition) is 2. The molecule has 2 aromatic heterocycles. The fourth-order valence-corrected chi connectivity index (χ4v) is 3.44. The van der Waals surface area contributed by atoms with E-state index in [0.29, 0.717) is 29.0 Å². The van der Waals surface area contributed by atoms with Gasteiger partial charge in [-0.05, 0) is 41.1 Å². The first kappa shape index (κ1) is 16.6. The fourth-order valence-electron chi connectivity index (χ4n) is 2.30. The van der Waals surface area contributed by atoms with Crippen LogP contribution in [0.15, 0.2) is 45.6 Å². The van der Waals surface area contributed by atoms with Crippen molar-refractivity contribution in [2.75, 3.05) is 11.9 Å². The minimum Gasteiger partial charge on any atom is -0.352 e. The van der Waals surface area contributed by atoms with Gasteiger partial charge in [-0.15, -0.1) is 11.3 Å². The Balaban J connectivity index is 1.99. The number of nitrogens with one attached hydrogen (secondary N) is 2. The zero-order valence-electron chi connectivity index (χ0n) is 12.8. The molecule has 5 nitrogen and oxygen atoms in total. The zero-order valence-corrected chi connectivity index (χ0v) is 15.2. The third kappa shape index (κ3) is 3.47. The number of carbonyl (C=O) groups is 2. The molecular formula is C17H14BrN3O2S. The SMILES string of the molecule is CCNC(=O)c1cc(NC(=O)c2csc(Br)c2)nc2ccccc12. The number of nitrogens with zero attached hydrogens (tertiary/aromatic N) is 1. The second-order valence-corrected chi connectivity index (χ2v) is 7.32. The number of para-hydroxylation sites is 1. The number of benzene rings is 1. The minimum absolute atomic E-state index is 0.190. The molecule has 122 valence electrons. The van der Waals surface area contributed by atoms with Crippen LogP contribution in [-0.2, 0) is 0 Å². The number of fused-ring (bicyclic) bond motifs is 1. The van der Waals surface area contributed by atoms with Crippen LogP contribution >= 0.6 is 27.3 Å². The average Bonchev–Trinajstić information content (AvgIpc) is 3.01. The molecule has 3 rings (SSSR count). The van der Waals surface area contributed by atoms with Crippen LogP contribution in [0.4, 0.5) is 5.82 Å².